The first kappa shape index (κ1) is 32.7. The van der Waals surface area contributed by atoms with Gasteiger partial charge in [-0.15, -0.1) is 0 Å². The number of esters is 1. The number of aliphatic hydroxyl groups excluding tert-OH is 1. The normalized spacial score (nSPS) is 30.8. The summed E-state index contributed by atoms with van der Waals surface area (Å²) < 4.78 is 12.7. The molecule has 0 aliphatic carbocycles. The number of cyclic esters (lactones) is 1. The van der Waals surface area contributed by atoms with E-state index in [1.807, 2.05) is 88.4 Å². The van der Waals surface area contributed by atoms with E-state index in [9.17, 15) is 19.5 Å². The second kappa shape index (κ2) is 13.1. The van der Waals surface area contributed by atoms with Gasteiger partial charge in [0.15, 0.2) is 0 Å². The van der Waals surface area contributed by atoms with Crippen molar-refractivity contribution < 1.29 is 33.8 Å². The van der Waals surface area contributed by atoms with Gasteiger partial charge in [0, 0.05) is 18.7 Å². The molecule has 0 unspecified atom stereocenters. The highest BCUT2D eigenvalue weighted by atomic mass is 16.6. The molecule has 2 aromatic carbocycles. The van der Waals surface area contributed by atoms with Crippen LogP contribution in [0.15, 0.2) is 72.8 Å². The van der Waals surface area contributed by atoms with E-state index in [2.05, 4.69) is 5.32 Å². The number of aryl methyl sites for hydroxylation is 2. The lowest BCUT2D eigenvalue weighted by Crippen LogP contribution is -2.59. The summed E-state index contributed by atoms with van der Waals surface area (Å²) in [6, 6.07) is 13.1. The Morgan fingerprint density at radius 1 is 0.979 bits per heavy atom. The van der Waals surface area contributed by atoms with Gasteiger partial charge in [0.05, 0.1) is 31.2 Å². The van der Waals surface area contributed by atoms with Gasteiger partial charge in [-0.05, 0) is 42.9 Å². The van der Waals surface area contributed by atoms with Crippen LogP contribution < -0.4 is 10.2 Å². The third-order valence-corrected chi connectivity index (χ3v) is 10.0. The number of para-hydroxylation sites is 1. The van der Waals surface area contributed by atoms with E-state index in [0.717, 1.165) is 11.1 Å². The number of aliphatic hydroxyl groups is 1. The van der Waals surface area contributed by atoms with Crippen LogP contribution in [-0.4, -0.2) is 77.2 Å². The average Bonchev–Trinajstić information content (AvgIpc) is 3.69. The van der Waals surface area contributed by atoms with Gasteiger partial charge < -0.3 is 29.7 Å². The highest BCUT2D eigenvalue weighted by molar-refractivity contribution is 6.06. The van der Waals surface area contributed by atoms with Gasteiger partial charge >= 0.3 is 5.97 Å². The van der Waals surface area contributed by atoms with Crippen molar-refractivity contribution in [2.45, 2.75) is 70.4 Å². The number of allylic oxidation sites excluding steroid dienone is 1. The lowest BCUT2D eigenvalue weighted by Gasteiger charge is -2.40. The summed E-state index contributed by atoms with van der Waals surface area (Å²) in [5, 5.41) is 13.5. The van der Waals surface area contributed by atoms with E-state index in [1.165, 1.54) is 4.90 Å². The van der Waals surface area contributed by atoms with E-state index in [1.54, 1.807) is 17.1 Å². The van der Waals surface area contributed by atoms with Gasteiger partial charge in [-0.2, -0.15) is 0 Å². The van der Waals surface area contributed by atoms with Crippen LogP contribution in [0.1, 0.15) is 49.5 Å². The third kappa shape index (κ3) is 5.67. The molecule has 2 N–H and O–H groups in total. The predicted molar refractivity (Wildman–Crippen MR) is 175 cm³/mol. The molecule has 4 aliphatic heterocycles. The Morgan fingerprint density at radius 3 is 2.38 bits per heavy atom. The number of nitrogens with one attached hydrogen (secondary N) is 1. The summed E-state index contributed by atoms with van der Waals surface area (Å²) in [4.78, 5) is 59.9. The zero-order valence-corrected chi connectivity index (χ0v) is 27.3. The number of amides is 3. The molecular weight excluding hydrogens is 598 g/mol. The van der Waals surface area contributed by atoms with Crippen LogP contribution in [0.3, 0.4) is 0 Å². The Labute approximate surface area is 275 Å². The molecule has 1 spiro atoms. The maximum Gasteiger partial charge on any atom is 0.313 e. The number of likely N-dealkylation sites (tertiary alicyclic amines) is 1. The van der Waals surface area contributed by atoms with Gasteiger partial charge in [-0.3, -0.25) is 19.2 Å². The summed E-state index contributed by atoms with van der Waals surface area (Å²) in [6.07, 6.45) is 6.32. The molecule has 10 heteroatoms. The Balaban J connectivity index is 1.49. The molecule has 2 aromatic rings. The number of carbonyl (C=O) groups is 4. The molecule has 0 aromatic heterocycles. The molecule has 0 saturated carbocycles. The zero-order chi connectivity index (χ0) is 33.5. The summed E-state index contributed by atoms with van der Waals surface area (Å²) in [5.41, 5.74) is 1.74. The van der Waals surface area contributed by atoms with Crippen molar-refractivity contribution in [3.05, 3.63) is 89.5 Å². The van der Waals surface area contributed by atoms with Crippen molar-refractivity contribution >= 4 is 29.4 Å². The van der Waals surface area contributed by atoms with Crippen molar-refractivity contribution in [1.29, 1.82) is 0 Å². The standard InChI is InChI=1S/C37H43N3O7/c1-22(2)26(21-41)40-33-35(44)39(32-23(3)12-11-13-24(32)4)19-10-6-9-16-29(42)38-20-28(25-14-7-5-8-15-25)46-36(45)30-27-17-18-37(33,47-27)31(30)34(40)43/h5-8,10-15,17-18,22,26-28,30-31,33,41H,9,16,19-21H2,1-4H3,(H,38,42)/b10-6-/t26-,27+,28+,30-,31-,33+,37-/m0/s1. The highest BCUT2D eigenvalue weighted by Gasteiger charge is 2.74. The minimum atomic E-state index is -1.44. The fourth-order valence-electron chi connectivity index (χ4n) is 7.73. The minimum absolute atomic E-state index is 0.0592. The highest BCUT2D eigenvalue weighted by Crippen LogP contribution is 2.56. The molecular formula is C37H43N3O7. The van der Waals surface area contributed by atoms with Gasteiger partial charge in [0.2, 0.25) is 11.8 Å². The maximum atomic E-state index is 15.1. The van der Waals surface area contributed by atoms with Gasteiger partial charge in [0.1, 0.15) is 23.7 Å². The van der Waals surface area contributed by atoms with E-state index in [-0.39, 0.29) is 43.8 Å². The first-order chi connectivity index (χ1) is 22.6. The van der Waals surface area contributed by atoms with Crippen LogP contribution in [0.4, 0.5) is 5.69 Å². The number of ether oxygens (including phenoxy) is 2. The molecule has 7 atom stereocenters. The Morgan fingerprint density at radius 2 is 1.70 bits per heavy atom. The van der Waals surface area contributed by atoms with Crippen LogP contribution in [0, 0.1) is 31.6 Å². The number of fused-ring (bicyclic) bond motifs is 2. The minimum Gasteiger partial charge on any atom is -0.455 e. The van der Waals surface area contributed by atoms with Crippen LogP contribution in [0.25, 0.3) is 0 Å². The molecule has 4 heterocycles. The number of rotatable bonds is 5. The van der Waals surface area contributed by atoms with Gasteiger partial charge in [-0.25, -0.2) is 0 Å². The van der Waals surface area contributed by atoms with Crippen LogP contribution in [-0.2, 0) is 28.7 Å². The smallest absolute Gasteiger partial charge is 0.313 e. The lowest BCUT2D eigenvalue weighted by atomic mass is 9.74. The van der Waals surface area contributed by atoms with Gasteiger partial charge in [-0.1, -0.05) is 86.7 Å². The number of nitrogens with zero attached hydrogens (tertiary/aromatic N) is 2. The predicted octanol–water partition coefficient (Wildman–Crippen LogP) is 3.55. The number of hydrogen-bond acceptors (Lipinski definition) is 7. The second-order valence-electron chi connectivity index (χ2n) is 13.3. The molecule has 4 aliphatic rings. The molecule has 248 valence electrons. The van der Waals surface area contributed by atoms with E-state index in [4.69, 9.17) is 9.47 Å². The van der Waals surface area contributed by atoms with E-state index >= 15 is 4.79 Å². The first-order valence-electron chi connectivity index (χ1n) is 16.4. The van der Waals surface area contributed by atoms with Crippen molar-refractivity contribution in [1.82, 2.24) is 10.2 Å². The number of anilines is 1. The number of hydrogen-bond donors (Lipinski definition) is 2. The SMILES string of the molecule is Cc1cccc(C)c1N1C/C=C\CCC(=O)NC[C@H](c2ccccc2)OC(=O)[C@@H]2[C@H]3C(=O)N([C@@H](CO)C(C)C)[C@H](C1=O)[C@]31C=C[C@H]2O1. The fourth-order valence-corrected chi connectivity index (χ4v) is 7.73. The summed E-state index contributed by atoms with van der Waals surface area (Å²) >= 11 is 0. The fraction of sp³-hybridized carbons (Fsp3) is 0.459. The summed E-state index contributed by atoms with van der Waals surface area (Å²) in [5.74, 6) is -3.89. The largest absolute Gasteiger partial charge is 0.455 e. The Bertz CT molecular complexity index is 1580. The zero-order valence-electron chi connectivity index (χ0n) is 27.3. The van der Waals surface area contributed by atoms with Gasteiger partial charge in [0.25, 0.3) is 5.91 Å². The Kier molecular flexibility index (Phi) is 9.09. The summed E-state index contributed by atoms with van der Waals surface area (Å²) in [7, 11) is 0. The molecule has 6 rings (SSSR count). The van der Waals surface area contributed by atoms with Crippen LogP contribution in [0.2, 0.25) is 0 Å². The summed E-state index contributed by atoms with van der Waals surface area (Å²) in [6.45, 7) is 7.53. The van der Waals surface area contributed by atoms with Crippen LogP contribution >= 0.6 is 0 Å². The van der Waals surface area contributed by atoms with Crippen molar-refractivity contribution in [2.75, 3.05) is 24.6 Å². The van der Waals surface area contributed by atoms with Crippen LogP contribution in [0.5, 0.6) is 0 Å². The van der Waals surface area contributed by atoms with E-state index < -0.39 is 53.6 Å². The number of carbonyl (C=O) groups excluding carboxylic acids is 4. The molecule has 0 radical (unpaired) electrons. The second-order valence-corrected chi connectivity index (χ2v) is 13.3. The first-order valence-corrected chi connectivity index (χ1v) is 16.4. The molecule has 10 nitrogen and oxygen atoms in total. The molecule has 5 bridgehead atoms. The lowest BCUT2D eigenvalue weighted by molar-refractivity contribution is -0.160. The van der Waals surface area contributed by atoms with Crippen molar-refractivity contribution in [2.24, 2.45) is 17.8 Å². The molecule has 2 fully saturated rings. The molecule has 3 amide bonds. The Hall–Kier alpha value is -4.28. The number of benzene rings is 2. The molecule has 2 saturated heterocycles. The monoisotopic (exact) mass is 641 g/mol. The third-order valence-electron chi connectivity index (χ3n) is 10.0. The van der Waals surface area contributed by atoms with E-state index in [0.29, 0.717) is 17.7 Å². The molecule has 47 heavy (non-hydrogen) atoms. The average molecular weight is 642 g/mol. The topological polar surface area (TPSA) is 125 Å². The van der Waals surface area contributed by atoms with Crippen molar-refractivity contribution in [3.8, 4) is 0 Å². The quantitative estimate of drug-likeness (QED) is 0.378. The maximum absolute atomic E-state index is 15.1. The van der Waals surface area contributed by atoms with Crippen molar-refractivity contribution in [3.63, 3.8) is 0 Å².